The van der Waals surface area contributed by atoms with Gasteiger partial charge in [0.2, 0.25) is 5.88 Å². The van der Waals surface area contributed by atoms with Gasteiger partial charge in [0.25, 0.3) is 5.91 Å². The minimum atomic E-state index is -0.0636. The molecule has 0 N–H and O–H groups in total. The molecule has 6 heteroatoms. The molecule has 1 unspecified atom stereocenters. The molecule has 136 valence electrons. The number of hydrogen-bond donors (Lipinski definition) is 0. The van der Waals surface area contributed by atoms with E-state index in [9.17, 15) is 4.79 Å². The lowest BCUT2D eigenvalue weighted by Crippen LogP contribution is -2.31. The highest BCUT2D eigenvalue weighted by Crippen LogP contribution is 2.23. The van der Waals surface area contributed by atoms with E-state index in [2.05, 4.69) is 10.2 Å². The van der Waals surface area contributed by atoms with Crippen LogP contribution in [0.2, 0.25) is 0 Å². The largest absolute Gasteiger partial charge is 0.471 e. The van der Waals surface area contributed by atoms with Gasteiger partial charge in [-0.25, -0.2) is 0 Å². The standard InChI is InChI=1S/C21H19N3O3/c25-21(24-14-12-19(15-24)27-20-7-4-13-22-23-20)16-8-10-18(11-9-16)26-17-5-2-1-3-6-17/h1-11,13,19H,12,14-15H2. The number of benzene rings is 2. The first-order chi connectivity index (χ1) is 13.3. The number of amides is 1. The fourth-order valence-electron chi connectivity index (χ4n) is 3.00. The fourth-order valence-corrected chi connectivity index (χ4v) is 3.00. The van der Waals surface area contributed by atoms with E-state index in [0.29, 0.717) is 30.3 Å². The van der Waals surface area contributed by atoms with Gasteiger partial charge in [0, 0.05) is 30.8 Å². The van der Waals surface area contributed by atoms with Crippen molar-refractivity contribution in [1.82, 2.24) is 15.1 Å². The third-order valence-electron chi connectivity index (χ3n) is 4.35. The average Bonchev–Trinajstić information content (AvgIpc) is 3.18. The molecule has 2 heterocycles. The Bertz CT molecular complexity index is 886. The lowest BCUT2D eigenvalue weighted by molar-refractivity contribution is 0.0771. The highest BCUT2D eigenvalue weighted by Gasteiger charge is 2.28. The first-order valence-corrected chi connectivity index (χ1v) is 8.84. The van der Waals surface area contributed by atoms with Gasteiger partial charge in [0.05, 0.1) is 6.54 Å². The molecule has 6 nitrogen and oxygen atoms in total. The van der Waals surface area contributed by atoms with Crippen LogP contribution in [0.15, 0.2) is 72.9 Å². The molecule has 3 aromatic rings. The van der Waals surface area contributed by atoms with E-state index in [4.69, 9.17) is 9.47 Å². The molecule has 0 aliphatic carbocycles. The Morgan fingerprint density at radius 1 is 0.963 bits per heavy atom. The second-order valence-electron chi connectivity index (χ2n) is 6.28. The van der Waals surface area contributed by atoms with Gasteiger partial charge in [-0.1, -0.05) is 18.2 Å². The van der Waals surface area contributed by atoms with E-state index in [0.717, 1.165) is 12.2 Å². The molecule has 2 aromatic carbocycles. The summed E-state index contributed by atoms with van der Waals surface area (Å²) in [7, 11) is 0. The molecule has 0 bridgehead atoms. The molecular weight excluding hydrogens is 342 g/mol. The predicted molar refractivity (Wildman–Crippen MR) is 99.9 cm³/mol. The maximum Gasteiger partial charge on any atom is 0.253 e. The summed E-state index contributed by atoms with van der Waals surface area (Å²) in [6.45, 7) is 1.20. The summed E-state index contributed by atoms with van der Waals surface area (Å²) < 4.78 is 11.6. The summed E-state index contributed by atoms with van der Waals surface area (Å²) in [4.78, 5) is 14.5. The molecule has 27 heavy (non-hydrogen) atoms. The number of likely N-dealkylation sites (tertiary alicyclic amines) is 1. The minimum absolute atomic E-state index is 0.00786. The second kappa shape index (κ2) is 7.86. The Labute approximate surface area is 157 Å². The van der Waals surface area contributed by atoms with E-state index >= 15 is 0 Å². The highest BCUT2D eigenvalue weighted by molar-refractivity contribution is 5.94. The molecule has 0 saturated carbocycles. The van der Waals surface area contributed by atoms with Crippen LogP contribution in [0, 0.1) is 0 Å². The lowest BCUT2D eigenvalue weighted by atomic mass is 10.2. The molecule has 0 radical (unpaired) electrons. The number of aromatic nitrogens is 2. The van der Waals surface area contributed by atoms with Crippen molar-refractivity contribution in [3.8, 4) is 17.4 Å². The van der Waals surface area contributed by atoms with Crippen molar-refractivity contribution in [3.05, 3.63) is 78.5 Å². The number of carbonyl (C=O) groups is 1. The molecular formula is C21H19N3O3. The number of hydrogen-bond acceptors (Lipinski definition) is 5. The van der Waals surface area contributed by atoms with Crippen molar-refractivity contribution in [2.75, 3.05) is 13.1 Å². The fraction of sp³-hybridized carbons (Fsp3) is 0.190. The van der Waals surface area contributed by atoms with Gasteiger partial charge in [-0.3, -0.25) is 4.79 Å². The van der Waals surface area contributed by atoms with Crippen molar-refractivity contribution in [3.63, 3.8) is 0 Å². The summed E-state index contributed by atoms with van der Waals surface area (Å²) in [5.74, 6) is 1.94. The SMILES string of the molecule is O=C(c1ccc(Oc2ccccc2)cc1)N1CCC(Oc2cccnn2)C1. The van der Waals surface area contributed by atoms with Crippen LogP contribution in [0.3, 0.4) is 0 Å². The normalized spacial score (nSPS) is 16.1. The van der Waals surface area contributed by atoms with E-state index in [-0.39, 0.29) is 12.0 Å². The van der Waals surface area contributed by atoms with Crippen LogP contribution in [-0.4, -0.2) is 40.2 Å². The van der Waals surface area contributed by atoms with Gasteiger partial charge < -0.3 is 14.4 Å². The molecule has 1 atom stereocenters. The molecule has 1 fully saturated rings. The van der Waals surface area contributed by atoms with Crippen LogP contribution in [-0.2, 0) is 0 Å². The Hall–Kier alpha value is -3.41. The van der Waals surface area contributed by atoms with Crippen LogP contribution in [0.1, 0.15) is 16.8 Å². The zero-order valence-electron chi connectivity index (χ0n) is 14.7. The summed E-state index contributed by atoms with van der Waals surface area (Å²) in [5, 5.41) is 7.72. The highest BCUT2D eigenvalue weighted by atomic mass is 16.5. The zero-order chi connectivity index (χ0) is 18.5. The maximum atomic E-state index is 12.7. The second-order valence-corrected chi connectivity index (χ2v) is 6.28. The summed E-state index contributed by atoms with van der Waals surface area (Å²) in [5.41, 5.74) is 0.635. The van der Waals surface area contributed by atoms with Crippen molar-refractivity contribution in [2.45, 2.75) is 12.5 Å². The van der Waals surface area contributed by atoms with Crippen molar-refractivity contribution in [1.29, 1.82) is 0 Å². The zero-order valence-corrected chi connectivity index (χ0v) is 14.7. The Morgan fingerprint density at radius 2 is 1.74 bits per heavy atom. The summed E-state index contributed by atoms with van der Waals surface area (Å²) >= 11 is 0. The van der Waals surface area contributed by atoms with Crippen molar-refractivity contribution < 1.29 is 14.3 Å². The molecule has 1 aliphatic heterocycles. The molecule has 4 rings (SSSR count). The smallest absolute Gasteiger partial charge is 0.253 e. The van der Waals surface area contributed by atoms with Crippen molar-refractivity contribution in [2.24, 2.45) is 0 Å². The van der Waals surface area contributed by atoms with Gasteiger partial charge in [-0.2, -0.15) is 5.10 Å². The summed E-state index contributed by atoms with van der Waals surface area (Å²) in [6, 6.07) is 20.3. The number of nitrogens with zero attached hydrogens (tertiary/aromatic N) is 3. The molecule has 1 aliphatic rings. The van der Waals surface area contributed by atoms with E-state index in [1.165, 1.54) is 0 Å². The quantitative estimate of drug-likeness (QED) is 0.695. The van der Waals surface area contributed by atoms with Crippen LogP contribution in [0.25, 0.3) is 0 Å². The van der Waals surface area contributed by atoms with Gasteiger partial charge >= 0.3 is 0 Å². The summed E-state index contributed by atoms with van der Waals surface area (Å²) in [6.07, 6.45) is 2.31. The Kier molecular flexibility index (Phi) is 4.96. The molecule has 1 amide bonds. The minimum Gasteiger partial charge on any atom is -0.471 e. The monoisotopic (exact) mass is 361 g/mol. The van der Waals surface area contributed by atoms with Gasteiger partial charge in [-0.05, 0) is 42.5 Å². The average molecular weight is 361 g/mol. The van der Waals surface area contributed by atoms with Gasteiger partial charge in [0.1, 0.15) is 17.6 Å². The number of rotatable bonds is 5. The first kappa shape index (κ1) is 17.0. The predicted octanol–water partition coefficient (Wildman–Crippen LogP) is 3.56. The Morgan fingerprint density at radius 3 is 2.48 bits per heavy atom. The van der Waals surface area contributed by atoms with E-state index in [1.54, 1.807) is 35.4 Å². The number of para-hydroxylation sites is 1. The molecule has 1 aromatic heterocycles. The third kappa shape index (κ3) is 4.23. The van der Waals surface area contributed by atoms with E-state index < -0.39 is 0 Å². The maximum absolute atomic E-state index is 12.7. The van der Waals surface area contributed by atoms with E-state index in [1.807, 2.05) is 42.5 Å². The van der Waals surface area contributed by atoms with Crippen LogP contribution < -0.4 is 9.47 Å². The third-order valence-corrected chi connectivity index (χ3v) is 4.35. The van der Waals surface area contributed by atoms with Gasteiger partial charge in [-0.15, -0.1) is 5.10 Å². The van der Waals surface area contributed by atoms with Crippen molar-refractivity contribution >= 4 is 5.91 Å². The number of ether oxygens (including phenoxy) is 2. The topological polar surface area (TPSA) is 64.5 Å². The first-order valence-electron chi connectivity index (χ1n) is 8.84. The lowest BCUT2D eigenvalue weighted by Gasteiger charge is -2.17. The molecule has 0 spiro atoms. The van der Waals surface area contributed by atoms with Crippen LogP contribution in [0.5, 0.6) is 17.4 Å². The van der Waals surface area contributed by atoms with Crippen LogP contribution >= 0.6 is 0 Å². The van der Waals surface area contributed by atoms with Gasteiger partial charge in [0.15, 0.2) is 0 Å². The van der Waals surface area contributed by atoms with Crippen LogP contribution in [0.4, 0.5) is 0 Å². The molecule has 1 saturated heterocycles. The Balaban J connectivity index is 1.35. The number of carbonyl (C=O) groups excluding carboxylic acids is 1.